The molecule has 0 bridgehead atoms. The lowest BCUT2D eigenvalue weighted by atomic mass is 10.1. The number of hydrogen-bond acceptors (Lipinski definition) is 5. The highest BCUT2D eigenvalue weighted by Gasteiger charge is 2.11. The first-order valence-corrected chi connectivity index (χ1v) is 9.21. The standard InChI is InChI=1S/C22H27NO5/c1-15(2)10-11-28-19-9-8-16(12-20(19)26-3)14-23-21(24)17-6-5-7-18(13-17)22(25)27-4/h5-9,12-13,15H,10-11,14H2,1-4H3,(H,23,24). The van der Waals surface area contributed by atoms with Crippen molar-refractivity contribution < 1.29 is 23.8 Å². The van der Waals surface area contributed by atoms with E-state index in [0.29, 0.717) is 41.7 Å². The van der Waals surface area contributed by atoms with Crippen molar-refractivity contribution in [1.29, 1.82) is 0 Å². The monoisotopic (exact) mass is 385 g/mol. The van der Waals surface area contributed by atoms with Crippen LogP contribution < -0.4 is 14.8 Å². The van der Waals surface area contributed by atoms with E-state index in [0.717, 1.165) is 12.0 Å². The maximum Gasteiger partial charge on any atom is 0.337 e. The van der Waals surface area contributed by atoms with Crippen LogP contribution in [0.2, 0.25) is 0 Å². The third kappa shape index (κ3) is 6.01. The van der Waals surface area contributed by atoms with Gasteiger partial charge in [-0.25, -0.2) is 4.79 Å². The van der Waals surface area contributed by atoms with Crippen LogP contribution in [0.5, 0.6) is 11.5 Å². The molecule has 2 rings (SSSR count). The van der Waals surface area contributed by atoms with E-state index in [9.17, 15) is 9.59 Å². The normalized spacial score (nSPS) is 10.5. The van der Waals surface area contributed by atoms with Gasteiger partial charge in [-0.05, 0) is 48.2 Å². The molecule has 0 spiro atoms. The van der Waals surface area contributed by atoms with Gasteiger partial charge < -0.3 is 19.5 Å². The van der Waals surface area contributed by atoms with Crippen LogP contribution in [0, 0.1) is 5.92 Å². The first-order chi connectivity index (χ1) is 13.4. The van der Waals surface area contributed by atoms with E-state index in [4.69, 9.17) is 9.47 Å². The Labute approximate surface area is 165 Å². The number of carbonyl (C=O) groups is 2. The van der Waals surface area contributed by atoms with Gasteiger partial charge >= 0.3 is 5.97 Å². The van der Waals surface area contributed by atoms with Gasteiger partial charge in [-0.3, -0.25) is 4.79 Å². The van der Waals surface area contributed by atoms with Gasteiger partial charge in [0.2, 0.25) is 0 Å². The van der Waals surface area contributed by atoms with Gasteiger partial charge in [-0.15, -0.1) is 0 Å². The predicted octanol–water partition coefficient (Wildman–Crippen LogP) is 3.84. The molecule has 0 radical (unpaired) electrons. The van der Waals surface area contributed by atoms with Crippen molar-refractivity contribution in [3.05, 3.63) is 59.2 Å². The van der Waals surface area contributed by atoms with Crippen LogP contribution in [0.1, 0.15) is 46.5 Å². The van der Waals surface area contributed by atoms with E-state index in [1.807, 2.05) is 18.2 Å². The molecule has 6 nitrogen and oxygen atoms in total. The van der Waals surface area contributed by atoms with Gasteiger partial charge in [0.15, 0.2) is 11.5 Å². The molecule has 2 aromatic carbocycles. The summed E-state index contributed by atoms with van der Waals surface area (Å²) in [6.45, 7) is 5.24. The van der Waals surface area contributed by atoms with Crippen molar-refractivity contribution in [3.63, 3.8) is 0 Å². The molecule has 0 atom stereocenters. The zero-order valence-corrected chi connectivity index (χ0v) is 16.8. The number of carbonyl (C=O) groups excluding carboxylic acids is 2. The average molecular weight is 385 g/mol. The zero-order chi connectivity index (χ0) is 20.5. The molecule has 0 heterocycles. The molecule has 28 heavy (non-hydrogen) atoms. The van der Waals surface area contributed by atoms with Crippen molar-refractivity contribution >= 4 is 11.9 Å². The van der Waals surface area contributed by atoms with Crippen LogP contribution in [0.4, 0.5) is 0 Å². The fourth-order valence-corrected chi connectivity index (χ4v) is 2.54. The van der Waals surface area contributed by atoms with Crippen molar-refractivity contribution in [2.75, 3.05) is 20.8 Å². The maximum absolute atomic E-state index is 12.4. The lowest BCUT2D eigenvalue weighted by Gasteiger charge is -2.13. The van der Waals surface area contributed by atoms with Crippen molar-refractivity contribution in [2.45, 2.75) is 26.8 Å². The van der Waals surface area contributed by atoms with Crippen LogP contribution in [0.3, 0.4) is 0 Å². The quantitative estimate of drug-likeness (QED) is 0.664. The topological polar surface area (TPSA) is 73.9 Å². The summed E-state index contributed by atoms with van der Waals surface area (Å²) < 4.78 is 15.9. The largest absolute Gasteiger partial charge is 0.493 e. The smallest absolute Gasteiger partial charge is 0.337 e. The fraction of sp³-hybridized carbons (Fsp3) is 0.364. The maximum atomic E-state index is 12.4. The Morgan fingerprint density at radius 3 is 2.43 bits per heavy atom. The molecule has 150 valence electrons. The third-order valence-electron chi connectivity index (χ3n) is 4.18. The minimum Gasteiger partial charge on any atom is -0.493 e. The number of ether oxygens (including phenoxy) is 3. The van der Waals surface area contributed by atoms with Gasteiger partial charge in [-0.2, -0.15) is 0 Å². The van der Waals surface area contributed by atoms with Gasteiger partial charge in [0, 0.05) is 12.1 Å². The Kier molecular flexibility index (Phi) is 7.87. The van der Waals surface area contributed by atoms with Gasteiger partial charge in [0.25, 0.3) is 5.91 Å². The van der Waals surface area contributed by atoms with Gasteiger partial charge in [0.05, 0.1) is 26.4 Å². The number of methoxy groups -OCH3 is 2. The molecular formula is C22H27NO5. The molecule has 0 aliphatic rings. The molecule has 0 saturated heterocycles. The van der Waals surface area contributed by atoms with Crippen LogP contribution in [0.15, 0.2) is 42.5 Å². The fourth-order valence-electron chi connectivity index (χ4n) is 2.54. The minimum absolute atomic E-state index is 0.276. The Morgan fingerprint density at radius 2 is 1.75 bits per heavy atom. The highest BCUT2D eigenvalue weighted by molar-refractivity contribution is 5.97. The molecule has 0 aromatic heterocycles. The number of hydrogen-bond donors (Lipinski definition) is 1. The molecule has 0 aliphatic heterocycles. The zero-order valence-electron chi connectivity index (χ0n) is 16.8. The van der Waals surface area contributed by atoms with Crippen LogP contribution >= 0.6 is 0 Å². The number of benzene rings is 2. The summed E-state index contributed by atoms with van der Waals surface area (Å²) in [5.74, 6) is 1.12. The Morgan fingerprint density at radius 1 is 1.00 bits per heavy atom. The van der Waals surface area contributed by atoms with E-state index in [1.54, 1.807) is 25.3 Å². The van der Waals surface area contributed by atoms with E-state index in [2.05, 4.69) is 23.9 Å². The second-order valence-corrected chi connectivity index (χ2v) is 6.77. The summed E-state index contributed by atoms with van der Waals surface area (Å²) in [6, 6.07) is 12.0. The van der Waals surface area contributed by atoms with E-state index < -0.39 is 5.97 Å². The first-order valence-electron chi connectivity index (χ1n) is 9.21. The SMILES string of the molecule is COC(=O)c1cccc(C(=O)NCc2ccc(OCCC(C)C)c(OC)c2)c1. The summed E-state index contributed by atoms with van der Waals surface area (Å²) in [5, 5.41) is 2.84. The van der Waals surface area contributed by atoms with E-state index in [-0.39, 0.29) is 5.91 Å². The molecule has 0 aliphatic carbocycles. The average Bonchev–Trinajstić information content (AvgIpc) is 2.71. The summed E-state index contributed by atoms with van der Waals surface area (Å²) in [7, 11) is 2.89. The Balaban J connectivity index is 2.00. The third-order valence-corrected chi connectivity index (χ3v) is 4.18. The summed E-state index contributed by atoms with van der Waals surface area (Å²) >= 11 is 0. The summed E-state index contributed by atoms with van der Waals surface area (Å²) in [5.41, 5.74) is 1.61. The second kappa shape index (κ2) is 10.3. The summed E-state index contributed by atoms with van der Waals surface area (Å²) in [6.07, 6.45) is 0.964. The Bertz CT molecular complexity index is 816. The number of rotatable bonds is 9. The number of amides is 1. The predicted molar refractivity (Wildman–Crippen MR) is 107 cm³/mol. The molecule has 6 heteroatoms. The molecule has 1 amide bonds. The van der Waals surface area contributed by atoms with Crippen LogP contribution in [-0.4, -0.2) is 32.7 Å². The van der Waals surface area contributed by atoms with Crippen molar-refractivity contribution in [3.8, 4) is 11.5 Å². The molecule has 0 saturated carbocycles. The van der Waals surface area contributed by atoms with Crippen molar-refractivity contribution in [1.82, 2.24) is 5.32 Å². The van der Waals surface area contributed by atoms with E-state index >= 15 is 0 Å². The molecule has 0 unspecified atom stereocenters. The number of esters is 1. The minimum atomic E-state index is -0.479. The highest BCUT2D eigenvalue weighted by Crippen LogP contribution is 2.28. The van der Waals surface area contributed by atoms with Gasteiger partial charge in [0.1, 0.15) is 0 Å². The molecule has 0 fully saturated rings. The Hall–Kier alpha value is -3.02. The van der Waals surface area contributed by atoms with Crippen LogP contribution in [0.25, 0.3) is 0 Å². The second-order valence-electron chi connectivity index (χ2n) is 6.77. The van der Waals surface area contributed by atoms with Crippen LogP contribution in [-0.2, 0) is 11.3 Å². The summed E-state index contributed by atoms with van der Waals surface area (Å²) in [4.78, 5) is 24.0. The van der Waals surface area contributed by atoms with E-state index in [1.165, 1.54) is 13.2 Å². The van der Waals surface area contributed by atoms with Gasteiger partial charge in [-0.1, -0.05) is 26.0 Å². The molecular weight excluding hydrogens is 358 g/mol. The lowest BCUT2D eigenvalue weighted by molar-refractivity contribution is 0.0600. The lowest BCUT2D eigenvalue weighted by Crippen LogP contribution is -2.23. The highest BCUT2D eigenvalue weighted by atomic mass is 16.5. The molecule has 1 N–H and O–H groups in total. The first kappa shape index (κ1) is 21.3. The number of nitrogens with one attached hydrogen (secondary N) is 1. The van der Waals surface area contributed by atoms with Crippen molar-refractivity contribution in [2.24, 2.45) is 5.92 Å². The molecule has 2 aromatic rings.